The van der Waals surface area contributed by atoms with Crippen LogP contribution in [0, 0.1) is 8.70 Å². The maximum Gasteiger partial charge on any atom is 0.124 e. The highest BCUT2D eigenvalue weighted by molar-refractivity contribution is 14.1. The molecule has 0 unspecified atom stereocenters. The fourth-order valence-electron chi connectivity index (χ4n) is 1.01. The molecule has 0 nitrogen and oxygen atoms in total. The van der Waals surface area contributed by atoms with Gasteiger partial charge >= 0.3 is 0 Å². The molecule has 0 N–H and O–H groups in total. The highest BCUT2D eigenvalue weighted by Gasteiger charge is 2.07. The molecule has 1 aromatic heterocycles. The molecule has 2 rings (SSSR count). The minimum Gasteiger partial charge on any atom is -0.207 e. The average molecular weight is 313 g/mol. The first kappa shape index (κ1) is 8.72. The maximum absolute atomic E-state index is 12.7. The van der Waals surface area contributed by atoms with Crippen molar-refractivity contribution in [2.75, 3.05) is 0 Å². The van der Waals surface area contributed by atoms with Crippen LogP contribution in [0.25, 0.3) is 10.1 Å². The van der Waals surface area contributed by atoms with Crippen molar-refractivity contribution in [3.8, 4) is 0 Å². The molecule has 0 amide bonds. The molecule has 0 atom stereocenters. The summed E-state index contributed by atoms with van der Waals surface area (Å²) in [5.74, 6) is -0.211. The lowest BCUT2D eigenvalue weighted by Crippen LogP contribution is -1.69. The SMILES string of the molecule is Fc1ccc2c(Cl)c(I)sc2c1. The standard InChI is InChI=1S/C8H3ClFIS/c9-7-5-2-1-4(10)3-6(5)12-8(7)11/h1-3H. The van der Waals surface area contributed by atoms with Crippen LogP contribution in [0.2, 0.25) is 5.02 Å². The van der Waals surface area contributed by atoms with E-state index in [1.54, 1.807) is 6.07 Å². The molecule has 0 aliphatic rings. The van der Waals surface area contributed by atoms with Gasteiger partial charge in [-0.3, -0.25) is 0 Å². The molecule has 2 aromatic rings. The third kappa shape index (κ3) is 1.34. The van der Waals surface area contributed by atoms with Crippen molar-refractivity contribution in [3.63, 3.8) is 0 Å². The van der Waals surface area contributed by atoms with E-state index >= 15 is 0 Å². The summed E-state index contributed by atoms with van der Waals surface area (Å²) in [7, 11) is 0. The second-order valence-corrected chi connectivity index (χ2v) is 5.57. The zero-order valence-electron chi connectivity index (χ0n) is 5.77. The van der Waals surface area contributed by atoms with E-state index in [1.807, 2.05) is 0 Å². The van der Waals surface area contributed by atoms with Gasteiger partial charge in [0.05, 0.1) is 7.91 Å². The van der Waals surface area contributed by atoms with Crippen molar-refractivity contribution in [2.45, 2.75) is 0 Å². The van der Waals surface area contributed by atoms with Crippen molar-refractivity contribution < 1.29 is 4.39 Å². The summed E-state index contributed by atoms with van der Waals surface area (Å²) in [4.78, 5) is 0. The van der Waals surface area contributed by atoms with Crippen LogP contribution < -0.4 is 0 Å². The van der Waals surface area contributed by atoms with E-state index in [0.29, 0.717) is 0 Å². The number of fused-ring (bicyclic) bond motifs is 1. The second kappa shape index (κ2) is 3.12. The number of halogens is 3. The first-order chi connectivity index (χ1) is 5.68. The molecule has 0 saturated heterocycles. The van der Waals surface area contributed by atoms with Gasteiger partial charge in [0.1, 0.15) is 5.82 Å². The van der Waals surface area contributed by atoms with Crippen molar-refractivity contribution in [1.29, 1.82) is 0 Å². The quantitative estimate of drug-likeness (QED) is 0.636. The molecular weight excluding hydrogens is 310 g/mol. The molecule has 0 radical (unpaired) electrons. The van der Waals surface area contributed by atoms with Crippen LogP contribution in [0.4, 0.5) is 4.39 Å². The normalized spacial score (nSPS) is 10.9. The van der Waals surface area contributed by atoms with Gasteiger partial charge < -0.3 is 0 Å². The molecule has 0 aliphatic heterocycles. The van der Waals surface area contributed by atoms with Gasteiger partial charge in [0.2, 0.25) is 0 Å². The summed E-state index contributed by atoms with van der Waals surface area (Å²) >= 11 is 9.64. The first-order valence-electron chi connectivity index (χ1n) is 3.21. The lowest BCUT2D eigenvalue weighted by atomic mass is 10.3. The second-order valence-electron chi connectivity index (χ2n) is 2.33. The molecule has 0 bridgehead atoms. The molecule has 1 heterocycles. The van der Waals surface area contributed by atoms with Crippen molar-refractivity contribution in [1.82, 2.24) is 0 Å². The fourth-order valence-corrected chi connectivity index (χ4v) is 3.19. The zero-order valence-corrected chi connectivity index (χ0v) is 9.50. The summed E-state index contributed by atoms with van der Waals surface area (Å²) in [6.07, 6.45) is 0. The predicted octanol–water partition coefficient (Wildman–Crippen LogP) is 4.30. The van der Waals surface area contributed by atoms with Crippen molar-refractivity contribution in [2.24, 2.45) is 0 Å². The Bertz CT molecular complexity index is 438. The molecule has 0 saturated carbocycles. The molecule has 4 heteroatoms. The van der Waals surface area contributed by atoms with Gasteiger partial charge in [0, 0.05) is 10.1 Å². The Labute approximate surface area is 91.5 Å². The number of rotatable bonds is 0. The van der Waals surface area contributed by atoms with Gasteiger partial charge in [0.25, 0.3) is 0 Å². The monoisotopic (exact) mass is 312 g/mol. The van der Waals surface area contributed by atoms with Gasteiger partial charge in [-0.25, -0.2) is 4.39 Å². The lowest BCUT2D eigenvalue weighted by molar-refractivity contribution is 0.630. The summed E-state index contributed by atoms with van der Waals surface area (Å²) in [5.41, 5.74) is 0. The van der Waals surface area contributed by atoms with Gasteiger partial charge in [0.15, 0.2) is 0 Å². The van der Waals surface area contributed by atoms with E-state index in [0.717, 1.165) is 18.0 Å². The van der Waals surface area contributed by atoms with E-state index < -0.39 is 0 Å². The van der Waals surface area contributed by atoms with Gasteiger partial charge in [-0.2, -0.15) is 0 Å². The van der Waals surface area contributed by atoms with Crippen molar-refractivity contribution in [3.05, 3.63) is 31.9 Å². The Morgan fingerprint density at radius 2 is 2.17 bits per heavy atom. The lowest BCUT2D eigenvalue weighted by Gasteiger charge is -1.88. The van der Waals surface area contributed by atoms with Gasteiger partial charge in [-0.1, -0.05) is 11.6 Å². The maximum atomic E-state index is 12.7. The predicted molar refractivity (Wildman–Crippen MR) is 59.5 cm³/mol. The van der Waals surface area contributed by atoms with Gasteiger partial charge in [-0.05, 0) is 40.8 Å². The van der Waals surface area contributed by atoms with E-state index in [9.17, 15) is 4.39 Å². The summed E-state index contributed by atoms with van der Waals surface area (Å²) < 4.78 is 14.7. The third-order valence-electron chi connectivity index (χ3n) is 1.55. The third-order valence-corrected chi connectivity index (χ3v) is 4.52. The number of benzene rings is 1. The minimum atomic E-state index is -0.211. The van der Waals surface area contributed by atoms with Gasteiger partial charge in [-0.15, -0.1) is 11.3 Å². The van der Waals surface area contributed by atoms with Crippen LogP contribution in [-0.2, 0) is 0 Å². The molecule has 0 spiro atoms. The van der Waals surface area contributed by atoms with Crippen LogP contribution in [0.15, 0.2) is 18.2 Å². The number of hydrogen-bond donors (Lipinski definition) is 0. The Hall–Kier alpha value is 0.130. The number of thiophene rings is 1. The van der Waals surface area contributed by atoms with E-state index in [2.05, 4.69) is 22.6 Å². The Kier molecular flexibility index (Phi) is 2.27. The molecule has 0 aliphatic carbocycles. The largest absolute Gasteiger partial charge is 0.207 e. The zero-order chi connectivity index (χ0) is 8.72. The van der Waals surface area contributed by atoms with Crippen molar-refractivity contribution >= 4 is 55.6 Å². The Balaban J connectivity index is 2.87. The molecule has 0 fully saturated rings. The molecule has 62 valence electrons. The van der Waals surface area contributed by atoms with Crippen LogP contribution >= 0.6 is 45.5 Å². The van der Waals surface area contributed by atoms with Crippen LogP contribution in [0.1, 0.15) is 0 Å². The average Bonchev–Trinajstić information content (AvgIpc) is 2.28. The highest BCUT2D eigenvalue weighted by Crippen LogP contribution is 2.36. The van der Waals surface area contributed by atoms with E-state index in [1.165, 1.54) is 23.5 Å². The summed E-state index contributed by atoms with van der Waals surface area (Å²) in [6.45, 7) is 0. The highest BCUT2D eigenvalue weighted by atomic mass is 127. The molecule has 12 heavy (non-hydrogen) atoms. The smallest absolute Gasteiger partial charge is 0.124 e. The van der Waals surface area contributed by atoms with Crippen LogP contribution in [0.3, 0.4) is 0 Å². The summed E-state index contributed by atoms with van der Waals surface area (Å²) in [5, 5.41) is 1.67. The minimum absolute atomic E-state index is 0.211. The van der Waals surface area contributed by atoms with E-state index in [4.69, 9.17) is 11.6 Å². The molecule has 1 aromatic carbocycles. The Morgan fingerprint density at radius 1 is 1.42 bits per heavy atom. The molecular formula is C8H3ClFIS. The fraction of sp³-hybridized carbons (Fsp3) is 0. The topological polar surface area (TPSA) is 0 Å². The Morgan fingerprint density at radius 3 is 2.92 bits per heavy atom. The summed E-state index contributed by atoms with van der Waals surface area (Å²) in [6, 6.07) is 4.65. The van der Waals surface area contributed by atoms with Crippen LogP contribution in [0.5, 0.6) is 0 Å². The number of hydrogen-bond acceptors (Lipinski definition) is 1. The first-order valence-corrected chi connectivity index (χ1v) is 5.49. The van der Waals surface area contributed by atoms with E-state index in [-0.39, 0.29) is 5.82 Å². The van der Waals surface area contributed by atoms with Crippen LogP contribution in [-0.4, -0.2) is 0 Å².